The Hall–Kier alpha value is -13.6. The predicted octanol–water partition coefficient (Wildman–Crippen LogP) is 9.94. The van der Waals surface area contributed by atoms with Gasteiger partial charge >= 0.3 is 0 Å². The van der Waals surface area contributed by atoms with E-state index < -0.39 is 23.9 Å². The Bertz CT molecular complexity index is 4750. The second-order valence-corrected chi connectivity index (χ2v) is 31.6. The van der Waals surface area contributed by atoms with E-state index in [0.29, 0.717) is 142 Å². The molecule has 0 radical (unpaired) electrons. The second-order valence-electron chi connectivity index (χ2n) is 31.6. The van der Waals surface area contributed by atoms with Crippen molar-refractivity contribution in [3.8, 4) is 5.75 Å². The van der Waals surface area contributed by atoms with Crippen molar-refractivity contribution in [2.45, 2.75) is 119 Å². The van der Waals surface area contributed by atoms with Crippen molar-refractivity contribution in [1.29, 1.82) is 0 Å². The Morgan fingerprint density at radius 3 is 1.01 bits per heavy atom. The fourth-order valence-corrected chi connectivity index (χ4v) is 15.7. The van der Waals surface area contributed by atoms with Crippen LogP contribution in [0.5, 0.6) is 5.75 Å². The molecular weight excluding hydrogens is 1580 g/mol. The first kappa shape index (κ1) is 94.7. The highest BCUT2D eigenvalue weighted by Crippen LogP contribution is 2.32. The number of hydrogen-bond acceptors (Lipinski definition) is 13. The van der Waals surface area contributed by atoms with Gasteiger partial charge in [0.05, 0.1) is 18.1 Å². The van der Waals surface area contributed by atoms with Gasteiger partial charge in [-0.3, -0.25) is 43.7 Å². The van der Waals surface area contributed by atoms with Crippen molar-refractivity contribution in [2.24, 2.45) is 49.4 Å². The number of phenolic OH excluding ortho intramolecular Hbond substituents is 1. The van der Waals surface area contributed by atoms with Crippen LogP contribution in [-0.2, 0) is 28.8 Å². The maximum atomic E-state index is 13.9. The summed E-state index contributed by atoms with van der Waals surface area (Å²) in [5, 5.41) is 29.0. The number of guanidine groups is 3. The topological polar surface area (TPSA) is 398 Å². The van der Waals surface area contributed by atoms with Crippen molar-refractivity contribution in [3.63, 3.8) is 0 Å². The predicted molar refractivity (Wildman–Crippen MR) is 501 cm³/mol. The number of rotatable bonds is 36. The fourth-order valence-electron chi connectivity index (χ4n) is 15.7. The largest absolute Gasteiger partial charge is 0.508 e. The lowest BCUT2D eigenvalue weighted by Crippen LogP contribution is -2.49. The summed E-state index contributed by atoms with van der Waals surface area (Å²) in [6.07, 6.45) is 15.0. The van der Waals surface area contributed by atoms with Gasteiger partial charge in [0, 0.05) is 138 Å². The minimum absolute atomic E-state index is 0.0124. The van der Waals surface area contributed by atoms with Gasteiger partial charge in [-0.1, -0.05) is 237 Å². The van der Waals surface area contributed by atoms with Crippen LogP contribution in [0.25, 0.3) is 18.2 Å². The molecule has 0 aromatic heterocycles. The van der Waals surface area contributed by atoms with Gasteiger partial charge in [-0.15, -0.1) is 0 Å². The van der Waals surface area contributed by atoms with Gasteiger partial charge in [0.1, 0.15) is 11.6 Å². The van der Waals surface area contributed by atoms with Gasteiger partial charge in [0.15, 0.2) is 17.9 Å². The number of nitrogens with zero attached hydrogens (tertiary/aromatic N) is 6. The smallest absolute Gasteiger partial charge is 0.244 e. The normalized spacial score (nSPS) is 17.3. The molecule has 3 fully saturated rings. The van der Waals surface area contributed by atoms with E-state index in [9.17, 15) is 38.3 Å². The fraction of sp³-hybridized carbons (Fsp3) is 0.310. The molecule has 9 aromatic rings. The summed E-state index contributed by atoms with van der Waals surface area (Å²) in [5.74, 6) is -0.689. The number of phenols is 1. The van der Waals surface area contributed by atoms with E-state index in [2.05, 4.69) is 120 Å². The van der Waals surface area contributed by atoms with Gasteiger partial charge in [-0.25, -0.2) is 4.39 Å². The molecule has 660 valence electrons. The van der Waals surface area contributed by atoms with Crippen LogP contribution in [0.4, 0.5) is 4.39 Å². The quantitative estimate of drug-likeness (QED) is 0.00751. The van der Waals surface area contributed by atoms with E-state index >= 15 is 0 Å². The SMILES string of the molecule is Cc1ccccc1/C=C/C(=O)NC[C@@H]1CCN(CC(c2ccccc2)c2ccccc2)C(=O)[C@H](CCCN=C(N)N)N1.NC(N)=NCCC[C@@H]1N[C@H](CNC(=O)/C=C/c2cccc(O)c2)CCN(CC(c2ccccc2)c2ccccc2)C1=O.NC(N)=NCCC[C@@H]1N[C@H](CNC(=O)/C=C/c2ccccc2F)CCN(CC(c2ccccc2)c2ccccc2)C1=O. The molecule has 26 heteroatoms. The minimum Gasteiger partial charge on any atom is -0.508 e. The average Bonchev–Trinajstić information content (AvgIpc) is 1.42. The van der Waals surface area contributed by atoms with Crippen LogP contribution in [0.15, 0.2) is 288 Å². The molecule has 0 unspecified atom stereocenters. The summed E-state index contributed by atoms with van der Waals surface area (Å²) in [6, 6.07) is 80.9. The number of carbonyl (C=O) groups excluding carboxylic acids is 6. The summed E-state index contributed by atoms with van der Waals surface area (Å²) >= 11 is 0. The van der Waals surface area contributed by atoms with Crippen LogP contribution in [-0.4, -0.2) is 188 Å². The summed E-state index contributed by atoms with van der Waals surface area (Å²) in [4.78, 5) is 97.6. The van der Waals surface area contributed by atoms with E-state index in [1.54, 1.807) is 48.6 Å². The van der Waals surface area contributed by atoms with Crippen molar-refractivity contribution >= 4 is 71.5 Å². The van der Waals surface area contributed by atoms with E-state index in [1.165, 1.54) is 35.4 Å². The standard InChI is InChI=1S/C34H42N6O2.C33H39FN6O2.C33H40N6O3/c1-25-11-8-9-12-26(25)18-19-32(41)38-23-29-20-22-40(33(42)31(39-29)17-10-21-37-34(35)36)24-30(27-13-4-2-5-14-27)28-15-6-3-7-16-28;34-29-15-8-7-14-26(29)17-18-31(41)38-22-27-19-21-40(32(42)30(39-27)16-9-20-37-33(35)36)23-28(24-10-3-1-4-11-24)25-12-5-2-6-13-25;34-33(35)36-19-8-15-30-32(42)39(23-29(25-10-3-1-4-11-25)26-12-5-2-6-13-26)20-18-27(38-30)22-37-31(41)17-16-24-9-7-14-28(40)21-24/h2-9,11-16,18-19,29-31,39H,10,17,20-24H2,1H3,(H,38,41)(H4,35,36,37);1-8,10-15,17-18,27-28,30,39H,9,16,19-23H2,(H,38,41)(H4,35,36,37);1-7,9-14,16-17,21,27,29-30,38,40H,8,15,18-20,22-23H2,(H,37,41)(H4,34,35,36)/b19-18+;18-17+;17-16+/t29-,31-;2*27-,30-/m000/s1. The summed E-state index contributed by atoms with van der Waals surface area (Å²) in [5.41, 5.74) is 43.1. The zero-order chi connectivity index (χ0) is 89.2. The Labute approximate surface area is 739 Å². The maximum Gasteiger partial charge on any atom is 0.244 e. The molecule has 25 nitrogen and oxygen atoms in total. The van der Waals surface area contributed by atoms with Crippen LogP contribution in [0.3, 0.4) is 0 Å². The first-order valence-corrected chi connectivity index (χ1v) is 43.3. The molecule has 0 aliphatic carbocycles. The first-order chi connectivity index (χ1) is 61.2. The zero-order valence-corrected chi connectivity index (χ0v) is 71.7. The molecule has 3 saturated heterocycles. The van der Waals surface area contributed by atoms with Crippen LogP contribution < -0.4 is 66.3 Å². The summed E-state index contributed by atoms with van der Waals surface area (Å²) < 4.78 is 13.9. The van der Waals surface area contributed by atoms with Gasteiger partial charge in [-0.2, -0.15) is 0 Å². The van der Waals surface area contributed by atoms with Crippen molar-refractivity contribution in [2.75, 3.05) is 78.5 Å². The number of aromatic hydroxyl groups is 1. The lowest BCUT2D eigenvalue weighted by molar-refractivity contribution is -0.133. The maximum absolute atomic E-state index is 13.9. The lowest BCUT2D eigenvalue weighted by atomic mass is 9.90. The summed E-state index contributed by atoms with van der Waals surface area (Å²) in [7, 11) is 0. The highest BCUT2D eigenvalue weighted by atomic mass is 19.1. The summed E-state index contributed by atoms with van der Waals surface area (Å²) in [6.45, 7) is 7.78. The van der Waals surface area contributed by atoms with Gasteiger partial charge in [0.25, 0.3) is 0 Å². The van der Waals surface area contributed by atoms with Gasteiger partial charge in [0.2, 0.25) is 35.4 Å². The Morgan fingerprint density at radius 2 is 0.698 bits per heavy atom. The number of aryl methyl sites for hydroxylation is 1. The first-order valence-electron chi connectivity index (χ1n) is 43.3. The molecule has 3 heterocycles. The minimum atomic E-state index is -0.454. The van der Waals surface area contributed by atoms with Crippen LogP contribution in [0.1, 0.15) is 131 Å². The number of nitrogens with one attached hydrogen (secondary N) is 6. The van der Waals surface area contributed by atoms with Gasteiger partial charge < -0.3 is 86.1 Å². The molecule has 3 aliphatic heterocycles. The Balaban J connectivity index is 0.000000197. The van der Waals surface area contributed by atoms with E-state index in [1.807, 2.05) is 167 Å². The monoisotopic (exact) mass is 1700 g/mol. The van der Waals surface area contributed by atoms with Crippen molar-refractivity contribution < 1.29 is 38.3 Å². The molecule has 0 spiro atoms. The highest BCUT2D eigenvalue weighted by molar-refractivity contribution is 5.93. The third-order valence-electron chi connectivity index (χ3n) is 22.4. The number of carbonyl (C=O) groups is 6. The van der Waals surface area contributed by atoms with E-state index in [-0.39, 0.29) is 95.0 Å². The molecular formula is C100H121FN18O7. The molecule has 126 heavy (non-hydrogen) atoms. The zero-order valence-electron chi connectivity index (χ0n) is 71.7. The molecule has 3 aliphatic rings. The molecule has 6 amide bonds. The Morgan fingerprint density at radius 1 is 0.405 bits per heavy atom. The van der Waals surface area contributed by atoms with Crippen LogP contribution in [0, 0.1) is 12.7 Å². The van der Waals surface area contributed by atoms with Crippen molar-refractivity contribution in [1.82, 2.24) is 46.6 Å². The Kier molecular flexibility index (Phi) is 38.2. The number of aliphatic imine (C=N–C) groups is 3. The number of amides is 6. The molecule has 6 atom stereocenters. The number of halogens is 1. The number of benzene rings is 9. The number of hydrogen-bond donors (Lipinski definition) is 13. The molecule has 0 saturated carbocycles. The van der Waals surface area contributed by atoms with Crippen molar-refractivity contribution in [3.05, 3.63) is 334 Å². The van der Waals surface area contributed by atoms with Crippen LogP contribution in [0.2, 0.25) is 0 Å². The third kappa shape index (κ3) is 31.6. The average molecular weight is 1710 g/mol. The van der Waals surface area contributed by atoms with E-state index in [4.69, 9.17) is 34.4 Å². The highest BCUT2D eigenvalue weighted by Gasteiger charge is 2.36. The third-order valence-corrected chi connectivity index (χ3v) is 22.4. The molecule has 9 aromatic carbocycles. The molecule has 12 rings (SSSR count). The number of nitrogens with two attached hydrogens (primary N) is 6. The second kappa shape index (κ2) is 50.9. The van der Waals surface area contributed by atoms with E-state index in [0.717, 1.165) is 38.9 Å². The molecule has 0 bridgehead atoms. The lowest BCUT2D eigenvalue weighted by Gasteiger charge is -2.29. The van der Waals surface area contributed by atoms with Gasteiger partial charge in [-0.05, 0) is 151 Å². The van der Waals surface area contributed by atoms with Crippen LogP contribution >= 0.6 is 0 Å². The molecule has 19 N–H and O–H groups in total.